The lowest BCUT2D eigenvalue weighted by atomic mass is 10.2. The third-order valence-corrected chi connectivity index (χ3v) is 2.62. The monoisotopic (exact) mass is 284 g/mol. The van der Waals surface area contributed by atoms with Gasteiger partial charge in [0.15, 0.2) is 0 Å². The third kappa shape index (κ3) is 5.99. The highest BCUT2D eigenvalue weighted by Crippen LogP contribution is 2.17. The van der Waals surface area contributed by atoms with E-state index in [1.54, 1.807) is 7.11 Å². The van der Waals surface area contributed by atoms with E-state index in [9.17, 15) is 9.18 Å². The zero-order valence-electron chi connectivity index (χ0n) is 11.8. The van der Waals surface area contributed by atoms with Crippen LogP contribution < -0.4 is 11.1 Å². The number of carbonyl (C=O) groups is 1. The summed E-state index contributed by atoms with van der Waals surface area (Å²) in [5.74, 6) is -0.769. The summed E-state index contributed by atoms with van der Waals surface area (Å²) in [5.41, 5.74) is 6.04. The number of halogens is 1. The number of ether oxygens (including phenoxy) is 2. The van der Waals surface area contributed by atoms with Crippen LogP contribution in [-0.2, 0) is 14.3 Å². The summed E-state index contributed by atoms with van der Waals surface area (Å²) in [5, 5.41) is 2.49. The minimum absolute atomic E-state index is 0.00516. The van der Waals surface area contributed by atoms with Gasteiger partial charge in [0.2, 0.25) is 5.91 Å². The molecule has 0 spiro atoms. The molecule has 0 heterocycles. The van der Waals surface area contributed by atoms with Crippen LogP contribution in [0.15, 0.2) is 18.2 Å². The van der Waals surface area contributed by atoms with Crippen LogP contribution >= 0.6 is 0 Å². The van der Waals surface area contributed by atoms with E-state index in [1.165, 1.54) is 18.2 Å². The molecule has 1 rings (SSSR count). The Balaban J connectivity index is 2.28. The van der Waals surface area contributed by atoms with Gasteiger partial charge < -0.3 is 20.5 Å². The van der Waals surface area contributed by atoms with E-state index < -0.39 is 5.82 Å². The number of methoxy groups -OCH3 is 1. The number of rotatable bonds is 8. The fourth-order valence-electron chi connectivity index (χ4n) is 1.65. The summed E-state index contributed by atoms with van der Waals surface area (Å²) in [4.78, 5) is 11.6. The van der Waals surface area contributed by atoms with Crippen LogP contribution in [0.5, 0.6) is 0 Å². The summed E-state index contributed by atoms with van der Waals surface area (Å²) < 4.78 is 23.8. The Hall–Kier alpha value is -1.66. The van der Waals surface area contributed by atoms with Crippen molar-refractivity contribution in [3.63, 3.8) is 0 Å². The highest BCUT2D eigenvalue weighted by Gasteiger charge is 2.08. The van der Waals surface area contributed by atoms with Crippen molar-refractivity contribution in [2.24, 2.45) is 0 Å². The van der Waals surface area contributed by atoms with Crippen molar-refractivity contribution in [1.82, 2.24) is 0 Å². The number of anilines is 2. The molecular formula is C14H21FN2O3. The Bertz CT molecular complexity index is 440. The van der Waals surface area contributed by atoms with E-state index in [2.05, 4.69) is 5.32 Å². The van der Waals surface area contributed by atoms with Crippen LogP contribution in [0.25, 0.3) is 0 Å². The van der Waals surface area contributed by atoms with Crippen molar-refractivity contribution < 1.29 is 18.7 Å². The normalized spacial score (nSPS) is 12.2. The van der Waals surface area contributed by atoms with Crippen LogP contribution in [0.3, 0.4) is 0 Å². The summed E-state index contributed by atoms with van der Waals surface area (Å²) in [6.07, 6.45) is 0.812. The predicted octanol–water partition coefficient (Wildman–Crippen LogP) is 2.18. The van der Waals surface area contributed by atoms with Crippen LogP contribution in [-0.4, -0.2) is 32.3 Å². The van der Waals surface area contributed by atoms with E-state index >= 15 is 0 Å². The van der Waals surface area contributed by atoms with Gasteiger partial charge in [-0.05, 0) is 31.5 Å². The Kier molecular flexibility index (Phi) is 6.97. The molecule has 0 radical (unpaired) electrons. The first-order valence-corrected chi connectivity index (χ1v) is 6.48. The smallest absolute Gasteiger partial charge is 0.224 e. The lowest BCUT2D eigenvalue weighted by Gasteiger charge is -2.11. The molecule has 0 saturated carbocycles. The van der Waals surface area contributed by atoms with Crippen molar-refractivity contribution in [3.8, 4) is 0 Å². The Labute approximate surface area is 118 Å². The average molecular weight is 284 g/mol. The maximum absolute atomic E-state index is 13.4. The topological polar surface area (TPSA) is 73.6 Å². The first-order chi connectivity index (χ1) is 9.52. The standard InChI is InChI=1S/C14H21FN2O3/c1-10(9-19-2)20-7-3-4-14(18)17-13-8-11(16)5-6-12(13)15/h5-6,8,10H,3-4,7,9,16H2,1-2H3,(H,17,18). The van der Waals surface area contributed by atoms with Crippen LogP contribution in [0.4, 0.5) is 15.8 Å². The molecule has 0 aliphatic heterocycles. The van der Waals surface area contributed by atoms with E-state index in [-0.39, 0.29) is 24.1 Å². The first-order valence-electron chi connectivity index (χ1n) is 6.48. The van der Waals surface area contributed by atoms with E-state index in [0.717, 1.165) is 0 Å². The molecule has 112 valence electrons. The zero-order chi connectivity index (χ0) is 15.0. The summed E-state index contributed by atoms with van der Waals surface area (Å²) in [7, 11) is 1.60. The molecule has 0 aliphatic rings. The molecule has 5 nitrogen and oxygen atoms in total. The molecule has 6 heteroatoms. The van der Waals surface area contributed by atoms with Crippen LogP contribution in [0, 0.1) is 5.82 Å². The van der Waals surface area contributed by atoms with Gasteiger partial charge in [0.1, 0.15) is 5.82 Å². The summed E-state index contributed by atoms with van der Waals surface area (Å²) >= 11 is 0. The number of nitrogen functional groups attached to an aromatic ring is 1. The van der Waals surface area contributed by atoms with Gasteiger partial charge in [-0.15, -0.1) is 0 Å². The van der Waals surface area contributed by atoms with Crippen LogP contribution in [0.2, 0.25) is 0 Å². The fourth-order valence-corrected chi connectivity index (χ4v) is 1.65. The van der Waals surface area contributed by atoms with Gasteiger partial charge in [0, 0.05) is 25.8 Å². The van der Waals surface area contributed by atoms with Gasteiger partial charge in [-0.3, -0.25) is 4.79 Å². The molecule has 1 aromatic rings. The number of nitrogens with two attached hydrogens (primary N) is 1. The van der Waals surface area contributed by atoms with E-state index in [1.807, 2.05) is 6.92 Å². The molecule has 0 aliphatic carbocycles. The highest BCUT2D eigenvalue weighted by atomic mass is 19.1. The van der Waals surface area contributed by atoms with Crippen molar-refractivity contribution in [3.05, 3.63) is 24.0 Å². The minimum Gasteiger partial charge on any atom is -0.399 e. The van der Waals surface area contributed by atoms with Gasteiger partial charge in [-0.25, -0.2) is 4.39 Å². The van der Waals surface area contributed by atoms with Crippen molar-refractivity contribution in [2.75, 3.05) is 31.4 Å². The first kappa shape index (κ1) is 16.4. The molecule has 0 aromatic heterocycles. The summed E-state index contributed by atoms with van der Waals surface area (Å²) in [6, 6.07) is 4.06. The second-order valence-electron chi connectivity index (χ2n) is 4.53. The quantitative estimate of drug-likeness (QED) is 0.567. The van der Waals surface area contributed by atoms with Gasteiger partial charge in [0.05, 0.1) is 18.4 Å². The molecule has 0 saturated heterocycles. The van der Waals surface area contributed by atoms with Crippen molar-refractivity contribution >= 4 is 17.3 Å². The lowest BCUT2D eigenvalue weighted by molar-refractivity contribution is -0.116. The van der Waals surface area contributed by atoms with E-state index in [0.29, 0.717) is 25.3 Å². The number of carbonyl (C=O) groups excluding carboxylic acids is 1. The highest BCUT2D eigenvalue weighted by molar-refractivity contribution is 5.91. The fraction of sp³-hybridized carbons (Fsp3) is 0.500. The number of benzene rings is 1. The maximum atomic E-state index is 13.4. The third-order valence-electron chi connectivity index (χ3n) is 2.62. The zero-order valence-corrected chi connectivity index (χ0v) is 11.8. The molecular weight excluding hydrogens is 263 g/mol. The Morgan fingerprint density at radius 2 is 2.25 bits per heavy atom. The Morgan fingerprint density at radius 3 is 2.95 bits per heavy atom. The molecule has 0 fully saturated rings. The second kappa shape index (κ2) is 8.50. The predicted molar refractivity (Wildman–Crippen MR) is 76.0 cm³/mol. The van der Waals surface area contributed by atoms with Gasteiger partial charge in [0.25, 0.3) is 0 Å². The largest absolute Gasteiger partial charge is 0.399 e. The Morgan fingerprint density at radius 1 is 1.50 bits per heavy atom. The number of hydrogen-bond acceptors (Lipinski definition) is 4. The number of amides is 1. The molecule has 1 amide bonds. The number of nitrogens with one attached hydrogen (secondary N) is 1. The summed E-state index contributed by atoms with van der Waals surface area (Å²) in [6.45, 7) is 2.86. The SMILES string of the molecule is COCC(C)OCCCC(=O)Nc1cc(N)ccc1F. The second-order valence-corrected chi connectivity index (χ2v) is 4.53. The van der Waals surface area contributed by atoms with Gasteiger partial charge >= 0.3 is 0 Å². The van der Waals surface area contributed by atoms with Crippen molar-refractivity contribution in [1.29, 1.82) is 0 Å². The van der Waals surface area contributed by atoms with Gasteiger partial charge in [-0.1, -0.05) is 0 Å². The molecule has 1 aromatic carbocycles. The molecule has 1 unspecified atom stereocenters. The minimum atomic E-state index is -0.502. The molecule has 0 bridgehead atoms. The van der Waals surface area contributed by atoms with Crippen molar-refractivity contribution in [2.45, 2.75) is 25.9 Å². The maximum Gasteiger partial charge on any atom is 0.224 e. The van der Waals surface area contributed by atoms with Gasteiger partial charge in [-0.2, -0.15) is 0 Å². The molecule has 3 N–H and O–H groups in total. The lowest BCUT2D eigenvalue weighted by Crippen LogP contribution is -2.17. The number of hydrogen-bond donors (Lipinski definition) is 2. The average Bonchev–Trinajstić information content (AvgIpc) is 2.39. The molecule has 1 atom stereocenters. The molecule has 20 heavy (non-hydrogen) atoms. The van der Waals surface area contributed by atoms with Crippen LogP contribution in [0.1, 0.15) is 19.8 Å². The van der Waals surface area contributed by atoms with E-state index in [4.69, 9.17) is 15.2 Å².